The van der Waals surface area contributed by atoms with Gasteiger partial charge in [-0.1, -0.05) is 30.3 Å². The maximum Gasteiger partial charge on any atom is 0.254 e. The van der Waals surface area contributed by atoms with Gasteiger partial charge >= 0.3 is 0 Å². The van der Waals surface area contributed by atoms with Crippen LogP contribution in [-0.4, -0.2) is 51.3 Å². The van der Waals surface area contributed by atoms with Gasteiger partial charge in [-0.05, 0) is 24.6 Å². The second-order valence-electron chi connectivity index (χ2n) is 6.62. The number of benzene rings is 1. The molecule has 0 saturated carbocycles. The molecule has 0 aliphatic carbocycles. The zero-order valence-electron chi connectivity index (χ0n) is 14.4. The van der Waals surface area contributed by atoms with E-state index in [-0.39, 0.29) is 5.91 Å². The quantitative estimate of drug-likeness (QED) is 0.739. The highest BCUT2D eigenvalue weighted by Crippen LogP contribution is 2.14. The number of rotatable bonds is 3. The Kier molecular flexibility index (Phi) is 4.24. The van der Waals surface area contributed by atoms with Crippen molar-refractivity contribution in [1.29, 1.82) is 0 Å². The second-order valence-corrected chi connectivity index (χ2v) is 6.62. The summed E-state index contributed by atoms with van der Waals surface area (Å²) in [5, 5.41) is 0. The Morgan fingerprint density at radius 3 is 2.60 bits per heavy atom. The van der Waals surface area contributed by atoms with Gasteiger partial charge < -0.3 is 9.30 Å². The third-order valence-corrected chi connectivity index (χ3v) is 4.74. The number of hydrogen-bond acceptors (Lipinski definition) is 3. The van der Waals surface area contributed by atoms with Crippen molar-refractivity contribution in [2.24, 2.45) is 0 Å². The summed E-state index contributed by atoms with van der Waals surface area (Å²) in [7, 11) is 0. The van der Waals surface area contributed by atoms with Gasteiger partial charge in [-0.3, -0.25) is 9.69 Å². The van der Waals surface area contributed by atoms with Gasteiger partial charge in [-0.2, -0.15) is 0 Å². The van der Waals surface area contributed by atoms with Gasteiger partial charge in [-0.25, -0.2) is 4.98 Å². The standard InChI is InChI=1S/C20H22N4O/c1-16-14-24-8-7-18(13-19(24)21-16)20(25)23-11-9-22(10-12-23)15-17-5-3-2-4-6-17/h2-8,13-14H,9-12,15H2,1H3. The van der Waals surface area contributed by atoms with Crippen LogP contribution in [0.1, 0.15) is 21.6 Å². The summed E-state index contributed by atoms with van der Waals surface area (Å²) in [4.78, 5) is 21.6. The number of piperazine rings is 1. The van der Waals surface area contributed by atoms with Crippen molar-refractivity contribution in [2.45, 2.75) is 13.5 Å². The Hall–Kier alpha value is -2.66. The van der Waals surface area contributed by atoms with E-state index < -0.39 is 0 Å². The van der Waals surface area contributed by atoms with Crippen LogP contribution >= 0.6 is 0 Å². The van der Waals surface area contributed by atoms with Crippen LogP contribution in [-0.2, 0) is 6.54 Å². The van der Waals surface area contributed by atoms with Crippen molar-refractivity contribution in [3.63, 3.8) is 0 Å². The molecule has 2 aromatic heterocycles. The van der Waals surface area contributed by atoms with E-state index in [0.717, 1.165) is 49.6 Å². The lowest BCUT2D eigenvalue weighted by atomic mass is 10.2. The molecule has 1 aliphatic heterocycles. The molecule has 0 spiro atoms. The Labute approximate surface area is 147 Å². The third kappa shape index (κ3) is 3.42. The number of hydrogen-bond donors (Lipinski definition) is 0. The molecule has 0 bridgehead atoms. The SMILES string of the molecule is Cc1cn2ccc(C(=O)N3CCN(Cc4ccccc4)CC3)cc2n1. The van der Waals surface area contributed by atoms with Crippen molar-refractivity contribution in [3.05, 3.63) is 71.7 Å². The van der Waals surface area contributed by atoms with Gasteiger partial charge in [-0.15, -0.1) is 0 Å². The molecular weight excluding hydrogens is 312 g/mol. The lowest BCUT2D eigenvalue weighted by molar-refractivity contribution is 0.0628. The monoisotopic (exact) mass is 334 g/mol. The molecule has 0 radical (unpaired) electrons. The molecule has 1 saturated heterocycles. The fourth-order valence-corrected chi connectivity index (χ4v) is 3.38. The van der Waals surface area contributed by atoms with E-state index in [1.54, 1.807) is 0 Å². The number of fused-ring (bicyclic) bond motifs is 1. The molecule has 3 aromatic rings. The summed E-state index contributed by atoms with van der Waals surface area (Å²) >= 11 is 0. The minimum atomic E-state index is 0.0996. The Morgan fingerprint density at radius 1 is 1.08 bits per heavy atom. The molecule has 1 aromatic carbocycles. The van der Waals surface area contributed by atoms with E-state index in [1.807, 2.05) is 46.8 Å². The van der Waals surface area contributed by atoms with Gasteiger partial charge in [0.05, 0.1) is 5.69 Å². The van der Waals surface area contributed by atoms with Crippen molar-refractivity contribution >= 4 is 11.6 Å². The normalized spacial score (nSPS) is 15.6. The molecule has 128 valence electrons. The van der Waals surface area contributed by atoms with E-state index in [9.17, 15) is 4.79 Å². The van der Waals surface area contributed by atoms with Crippen LogP contribution in [0.5, 0.6) is 0 Å². The van der Waals surface area contributed by atoms with E-state index in [4.69, 9.17) is 0 Å². The molecule has 4 rings (SSSR count). The minimum Gasteiger partial charge on any atom is -0.336 e. The minimum absolute atomic E-state index is 0.0996. The number of amides is 1. The highest BCUT2D eigenvalue weighted by Gasteiger charge is 2.22. The summed E-state index contributed by atoms with van der Waals surface area (Å²) in [6.07, 6.45) is 3.88. The molecule has 0 atom stereocenters. The first-order chi connectivity index (χ1) is 12.2. The van der Waals surface area contributed by atoms with E-state index in [0.29, 0.717) is 0 Å². The van der Waals surface area contributed by atoms with Gasteiger partial charge in [0.1, 0.15) is 5.65 Å². The number of carbonyl (C=O) groups excluding carboxylic acids is 1. The summed E-state index contributed by atoms with van der Waals surface area (Å²) in [6, 6.07) is 14.3. The first-order valence-electron chi connectivity index (χ1n) is 8.70. The fourth-order valence-electron chi connectivity index (χ4n) is 3.38. The molecule has 1 aliphatic rings. The molecule has 5 nitrogen and oxygen atoms in total. The molecule has 0 unspecified atom stereocenters. The topological polar surface area (TPSA) is 40.9 Å². The van der Waals surface area contributed by atoms with Crippen molar-refractivity contribution in [2.75, 3.05) is 26.2 Å². The number of aromatic nitrogens is 2. The lowest BCUT2D eigenvalue weighted by Crippen LogP contribution is -2.48. The summed E-state index contributed by atoms with van der Waals surface area (Å²) in [5.41, 5.74) is 3.82. The van der Waals surface area contributed by atoms with Crippen LogP contribution in [0.4, 0.5) is 0 Å². The van der Waals surface area contributed by atoms with Crippen LogP contribution in [0.25, 0.3) is 5.65 Å². The molecule has 0 N–H and O–H groups in total. The number of nitrogens with zero attached hydrogens (tertiary/aromatic N) is 4. The van der Waals surface area contributed by atoms with Crippen LogP contribution in [0.2, 0.25) is 0 Å². The van der Waals surface area contributed by atoms with Crippen molar-refractivity contribution in [1.82, 2.24) is 19.2 Å². The van der Waals surface area contributed by atoms with Gasteiger partial charge in [0.25, 0.3) is 5.91 Å². The molecule has 3 heterocycles. The Bertz CT molecular complexity index is 879. The number of imidazole rings is 1. The fraction of sp³-hybridized carbons (Fsp3) is 0.300. The Balaban J connectivity index is 1.40. The lowest BCUT2D eigenvalue weighted by Gasteiger charge is -2.34. The first kappa shape index (κ1) is 15.8. The predicted molar refractivity (Wildman–Crippen MR) is 97.6 cm³/mol. The smallest absolute Gasteiger partial charge is 0.254 e. The number of aryl methyl sites for hydroxylation is 1. The number of pyridine rings is 1. The van der Waals surface area contributed by atoms with Crippen LogP contribution in [0.3, 0.4) is 0 Å². The summed E-state index contributed by atoms with van der Waals surface area (Å²) in [5.74, 6) is 0.0996. The maximum atomic E-state index is 12.8. The van der Waals surface area contributed by atoms with Gasteiger partial charge in [0.2, 0.25) is 0 Å². The molecule has 1 amide bonds. The predicted octanol–water partition coefficient (Wildman–Crippen LogP) is 2.60. The van der Waals surface area contributed by atoms with Crippen molar-refractivity contribution < 1.29 is 4.79 Å². The number of carbonyl (C=O) groups is 1. The van der Waals surface area contributed by atoms with E-state index >= 15 is 0 Å². The van der Waals surface area contributed by atoms with E-state index in [1.165, 1.54) is 5.56 Å². The summed E-state index contributed by atoms with van der Waals surface area (Å²) < 4.78 is 1.95. The zero-order chi connectivity index (χ0) is 17.2. The summed E-state index contributed by atoms with van der Waals surface area (Å²) in [6.45, 7) is 6.26. The van der Waals surface area contributed by atoms with Crippen LogP contribution in [0.15, 0.2) is 54.9 Å². The molecule has 25 heavy (non-hydrogen) atoms. The van der Waals surface area contributed by atoms with Crippen LogP contribution < -0.4 is 0 Å². The molecule has 1 fully saturated rings. The van der Waals surface area contributed by atoms with Crippen LogP contribution in [0, 0.1) is 6.92 Å². The third-order valence-electron chi connectivity index (χ3n) is 4.74. The average molecular weight is 334 g/mol. The second kappa shape index (κ2) is 6.69. The first-order valence-corrected chi connectivity index (χ1v) is 8.70. The average Bonchev–Trinajstić information content (AvgIpc) is 3.02. The zero-order valence-corrected chi connectivity index (χ0v) is 14.4. The van der Waals surface area contributed by atoms with Crippen molar-refractivity contribution in [3.8, 4) is 0 Å². The molecule has 5 heteroatoms. The Morgan fingerprint density at radius 2 is 1.84 bits per heavy atom. The molecular formula is C20H22N4O. The van der Waals surface area contributed by atoms with Gasteiger partial charge in [0.15, 0.2) is 0 Å². The maximum absolute atomic E-state index is 12.8. The van der Waals surface area contributed by atoms with Gasteiger partial charge in [0, 0.05) is 50.7 Å². The highest BCUT2D eigenvalue weighted by atomic mass is 16.2. The van der Waals surface area contributed by atoms with E-state index in [2.05, 4.69) is 34.1 Å². The highest BCUT2D eigenvalue weighted by molar-refractivity contribution is 5.95. The largest absolute Gasteiger partial charge is 0.336 e.